The first-order valence-electron chi connectivity index (χ1n) is 6.49. The van der Waals surface area contributed by atoms with Gasteiger partial charge < -0.3 is 10.1 Å². The zero-order valence-corrected chi connectivity index (χ0v) is 13.5. The number of carboxylic acids is 1. The Hall–Kier alpha value is -2.25. The van der Waals surface area contributed by atoms with Crippen LogP contribution in [0.25, 0.3) is 15.9 Å². The SMILES string of the molecule is Cc1sc2[nH]c(=S)n(-c3ccc(C(=O)O)cc3)c(=O)c2c1C. The number of thiophene rings is 1. The number of rotatable bonds is 2. The van der Waals surface area contributed by atoms with Crippen LogP contribution in [0.4, 0.5) is 0 Å². The first-order chi connectivity index (χ1) is 10.4. The van der Waals surface area contributed by atoms with Gasteiger partial charge in [-0.05, 0) is 55.9 Å². The van der Waals surface area contributed by atoms with E-state index in [2.05, 4.69) is 4.98 Å². The Bertz CT molecular complexity index is 1010. The highest BCUT2D eigenvalue weighted by molar-refractivity contribution is 7.71. The van der Waals surface area contributed by atoms with Gasteiger partial charge in [-0.25, -0.2) is 4.79 Å². The summed E-state index contributed by atoms with van der Waals surface area (Å²) in [5.41, 5.74) is 1.45. The van der Waals surface area contributed by atoms with Gasteiger partial charge >= 0.3 is 5.97 Å². The number of carboxylic acid groups (broad SMARTS) is 1. The molecule has 3 aromatic rings. The molecule has 112 valence electrons. The van der Waals surface area contributed by atoms with Crippen LogP contribution in [0, 0.1) is 18.6 Å². The Labute approximate surface area is 134 Å². The third-order valence-electron chi connectivity index (χ3n) is 3.60. The maximum Gasteiger partial charge on any atom is 0.335 e. The summed E-state index contributed by atoms with van der Waals surface area (Å²) in [6.45, 7) is 3.87. The van der Waals surface area contributed by atoms with Crippen molar-refractivity contribution in [3.8, 4) is 5.69 Å². The second-order valence-corrected chi connectivity index (χ2v) is 6.52. The van der Waals surface area contributed by atoms with Crippen LogP contribution < -0.4 is 5.56 Å². The van der Waals surface area contributed by atoms with Crippen molar-refractivity contribution in [3.05, 3.63) is 55.4 Å². The van der Waals surface area contributed by atoms with Crippen molar-refractivity contribution < 1.29 is 9.90 Å². The van der Waals surface area contributed by atoms with Gasteiger partial charge in [-0.1, -0.05) is 0 Å². The number of nitrogens with zero attached hydrogens (tertiary/aromatic N) is 1. The first-order valence-corrected chi connectivity index (χ1v) is 7.71. The number of aromatic amines is 1. The number of aryl methyl sites for hydroxylation is 2. The van der Waals surface area contributed by atoms with E-state index >= 15 is 0 Å². The minimum absolute atomic E-state index is 0.162. The van der Waals surface area contributed by atoms with Crippen LogP contribution in [0.15, 0.2) is 29.1 Å². The van der Waals surface area contributed by atoms with E-state index in [0.29, 0.717) is 15.8 Å². The average molecular weight is 332 g/mol. The summed E-state index contributed by atoms with van der Waals surface area (Å²) in [7, 11) is 0. The summed E-state index contributed by atoms with van der Waals surface area (Å²) >= 11 is 6.79. The lowest BCUT2D eigenvalue weighted by molar-refractivity contribution is 0.0697. The standard InChI is InChI=1S/C15H12N2O3S2/c1-7-8(2)22-12-11(7)13(18)17(15(21)16-12)10-5-3-9(4-6-10)14(19)20/h3-6H,1-2H3,(H,16,21)(H,19,20). The Morgan fingerprint density at radius 3 is 2.50 bits per heavy atom. The van der Waals surface area contributed by atoms with E-state index in [-0.39, 0.29) is 11.1 Å². The molecule has 0 saturated carbocycles. The predicted octanol–water partition coefficient (Wildman–Crippen LogP) is 3.42. The summed E-state index contributed by atoms with van der Waals surface area (Å²) < 4.78 is 1.68. The number of H-pyrrole nitrogens is 1. The fraction of sp³-hybridized carbons (Fsp3) is 0.133. The zero-order chi connectivity index (χ0) is 16.0. The largest absolute Gasteiger partial charge is 0.478 e. The second-order valence-electron chi connectivity index (χ2n) is 4.91. The van der Waals surface area contributed by atoms with E-state index < -0.39 is 5.97 Å². The van der Waals surface area contributed by atoms with Crippen molar-refractivity contribution in [2.24, 2.45) is 0 Å². The molecule has 2 heterocycles. The minimum Gasteiger partial charge on any atom is -0.478 e. The Kier molecular flexibility index (Phi) is 3.46. The molecule has 22 heavy (non-hydrogen) atoms. The van der Waals surface area contributed by atoms with Gasteiger partial charge in [0.25, 0.3) is 5.56 Å². The maximum absolute atomic E-state index is 12.8. The van der Waals surface area contributed by atoms with Crippen LogP contribution in [0.3, 0.4) is 0 Å². The normalized spacial score (nSPS) is 11.0. The topological polar surface area (TPSA) is 75.1 Å². The third-order valence-corrected chi connectivity index (χ3v) is 5.01. The summed E-state index contributed by atoms with van der Waals surface area (Å²) in [5.74, 6) is -1.01. The van der Waals surface area contributed by atoms with Crippen LogP contribution in [-0.4, -0.2) is 20.6 Å². The summed E-state index contributed by atoms with van der Waals surface area (Å²) in [5, 5.41) is 9.57. The predicted molar refractivity (Wildman–Crippen MR) is 89.0 cm³/mol. The molecule has 5 nitrogen and oxygen atoms in total. The molecule has 0 amide bonds. The number of aromatic carboxylic acids is 1. The van der Waals surface area contributed by atoms with E-state index in [4.69, 9.17) is 17.3 Å². The number of benzene rings is 1. The lowest BCUT2D eigenvalue weighted by atomic mass is 10.2. The average Bonchev–Trinajstić information content (AvgIpc) is 2.74. The molecule has 0 fully saturated rings. The van der Waals surface area contributed by atoms with Gasteiger partial charge in [0.2, 0.25) is 0 Å². The van der Waals surface area contributed by atoms with Crippen LogP contribution in [-0.2, 0) is 0 Å². The number of aromatic nitrogens is 2. The monoisotopic (exact) mass is 332 g/mol. The highest BCUT2D eigenvalue weighted by Crippen LogP contribution is 2.26. The third kappa shape index (κ3) is 2.18. The van der Waals surface area contributed by atoms with E-state index in [1.807, 2.05) is 13.8 Å². The molecule has 0 atom stereocenters. The Morgan fingerprint density at radius 2 is 1.91 bits per heavy atom. The van der Waals surface area contributed by atoms with Gasteiger partial charge in [0.15, 0.2) is 4.77 Å². The van der Waals surface area contributed by atoms with E-state index in [9.17, 15) is 9.59 Å². The molecule has 3 rings (SSSR count). The van der Waals surface area contributed by atoms with Crippen molar-refractivity contribution in [2.75, 3.05) is 0 Å². The lowest BCUT2D eigenvalue weighted by Gasteiger charge is -2.07. The second kappa shape index (κ2) is 5.19. The summed E-state index contributed by atoms with van der Waals surface area (Å²) in [6.07, 6.45) is 0. The summed E-state index contributed by atoms with van der Waals surface area (Å²) in [4.78, 5) is 28.6. The minimum atomic E-state index is -1.01. The molecule has 0 saturated heterocycles. The molecule has 7 heteroatoms. The fourth-order valence-corrected chi connectivity index (χ4v) is 3.72. The zero-order valence-electron chi connectivity index (χ0n) is 11.8. The smallest absolute Gasteiger partial charge is 0.335 e. The van der Waals surface area contributed by atoms with Gasteiger partial charge in [0.05, 0.1) is 16.6 Å². The Morgan fingerprint density at radius 1 is 1.27 bits per heavy atom. The number of nitrogens with one attached hydrogen (secondary N) is 1. The maximum atomic E-state index is 12.8. The molecule has 0 aliphatic heterocycles. The molecular weight excluding hydrogens is 320 g/mol. The van der Waals surface area contributed by atoms with Crippen molar-refractivity contribution >= 4 is 39.7 Å². The lowest BCUT2D eigenvalue weighted by Crippen LogP contribution is -2.20. The van der Waals surface area contributed by atoms with Crippen LogP contribution in [0.5, 0.6) is 0 Å². The van der Waals surface area contributed by atoms with Gasteiger partial charge in [-0.2, -0.15) is 0 Å². The highest BCUT2D eigenvalue weighted by Gasteiger charge is 2.14. The van der Waals surface area contributed by atoms with E-state index in [1.165, 1.54) is 28.0 Å². The quantitative estimate of drug-likeness (QED) is 0.705. The van der Waals surface area contributed by atoms with Gasteiger partial charge in [0.1, 0.15) is 4.83 Å². The molecule has 0 radical (unpaired) electrons. The molecule has 0 aliphatic rings. The number of carbonyl (C=O) groups is 1. The molecule has 0 spiro atoms. The van der Waals surface area contributed by atoms with Crippen molar-refractivity contribution in [3.63, 3.8) is 0 Å². The van der Waals surface area contributed by atoms with Gasteiger partial charge in [-0.3, -0.25) is 9.36 Å². The molecule has 2 N–H and O–H groups in total. The summed E-state index contributed by atoms with van der Waals surface area (Å²) in [6, 6.07) is 6.06. The van der Waals surface area contributed by atoms with Crippen LogP contribution in [0.2, 0.25) is 0 Å². The number of hydrogen-bond acceptors (Lipinski definition) is 4. The molecular formula is C15H12N2O3S2. The van der Waals surface area contributed by atoms with Crippen molar-refractivity contribution in [2.45, 2.75) is 13.8 Å². The van der Waals surface area contributed by atoms with Gasteiger partial charge in [0, 0.05) is 4.88 Å². The first kappa shape index (κ1) is 14.7. The fourth-order valence-electron chi connectivity index (χ4n) is 2.32. The van der Waals surface area contributed by atoms with Crippen molar-refractivity contribution in [1.82, 2.24) is 9.55 Å². The van der Waals surface area contributed by atoms with Crippen LogP contribution >= 0.6 is 23.6 Å². The van der Waals surface area contributed by atoms with Crippen molar-refractivity contribution in [1.29, 1.82) is 0 Å². The number of hydrogen-bond donors (Lipinski definition) is 2. The molecule has 0 unspecified atom stereocenters. The molecule has 0 bridgehead atoms. The number of fused-ring (bicyclic) bond motifs is 1. The van der Waals surface area contributed by atoms with Crippen LogP contribution in [0.1, 0.15) is 20.8 Å². The molecule has 2 aromatic heterocycles. The van der Waals surface area contributed by atoms with E-state index in [1.54, 1.807) is 12.1 Å². The molecule has 0 aliphatic carbocycles. The molecule has 1 aromatic carbocycles. The van der Waals surface area contributed by atoms with E-state index in [0.717, 1.165) is 15.3 Å². The highest BCUT2D eigenvalue weighted by atomic mass is 32.1. The Balaban J connectivity index is 2.31. The van der Waals surface area contributed by atoms with Gasteiger partial charge in [-0.15, -0.1) is 11.3 Å².